The van der Waals surface area contributed by atoms with Crippen LogP contribution < -0.4 is 0 Å². The van der Waals surface area contributed by atoms with E-state index >= 15 is 0 Å². The zero-order valence-corrected chi connectivity index (χ0v) is 11.5. The van der Waals surface area contributed by atoms with Crippen LogP contribution >= 0.6 is 0 Å². The zero-order chi connectivity index (χ0) is 14.1. The third-order valence-electron chi connectivity index (χ3n) is 4.63. The summed E-state index contributed by atoms with van der Waals surface area (Å²) in [6.45, 7) is 2.81. The molecule has 1 N–H and O–H groups in total. The lowest BCUT2D eigenvalue weighted by Gasteiger charge is -2.32. The molecule has 1 aromatic rings. The van der Waals surface area contributed by atoms with E-state index < -0.39 is 5.97 Å². The van der Waals surface area contributed by atoms with Crippen molar-refractivity contribution in [3.8, 4) is 0 Å². The zero-order valence-electron chi connectivity index (χ0n) is 11.5. The second kappa shape index (κ2) is 5.52. The van der Waals surface area contributed by atoms with Gasteiger partial charge in [-0.15, -0.1) is 0 Å². The van der Waals surface area contributed by atoms with Crippen LogP contribution in [0.4, 0.5) is 4.39 Å². The largest absolute Gasteiger partial charge is 0.481 e. The van der Waals surface area contributed by atoms with Crippen LogP contribution in [0.25, 0.3) is 0 Å². The summed E-state index contributed by atoms with van der Waals surface area (Å²) in [6, 6.07) is 5.45. The molecule has 1 aromatic carbocycles. The highest BCUT2D eigenvalue weighted by Crippen LogP contribution is 2.42. The van der Waals surface area contributed by atoms with E-state index in [1.54, 1.807) is 6.07 Å². The van der Waals surface area contributed by atoms with Gasteiger partial charge in [-0.2, -0.15) is 0 Å². The fourth-order valence-electron chi connectivity index (χ4n) is 3.22. The first-order chi connectivity index (χ1) is 9.63. The van der Waals surface area contributed by atoms with Crippen LogP contribution in [-0.4, -0.2) is 29.1 Å². The molecule has 0 unspecified atom stereocenters. The van der Waals surface area contributed by atoms with E-state index in [4.69, 9.17) is 5.11 Å². The Kier molecular flexibility index (Phi) is 3.74. The normalized spacial score (nSPS) is 26.4. The average Bonchev–Trinajstić information content (AvgIpc) is 2.83. The summed E-state index contributed by atoms with van der Waals surface area (Å²) < 4.78 is 14.1. The monoisotopic (exact) mass is 277 g/mol. The molecular weight excluding hydrogens is 257 g/mol. The van der Waals surface area contributed by atoms with Gasteiger partial charge in [-0.05, 0) is 56.3 Å². The summed E-state index contributed by atoms with van der Waals surface area (Å²) in [5.74, 6) is -0.903. The second-order valence-corrected chi connectivity index (χ2v) is 6.04. The van der Waals surface area contributed by atoms with Crippen molar-refractivity contribution in [3.63, 3.8) is 0 Å². The summed E-state index contributed by atoms with van der Waals surface area (Å²) in [5, 5.41) is 8.88. The fraction of sp³-hybridized carbons (Fsp3) is 0.562. The topological polar surface area (TPSA) is 40.5 Å². The number of likely N-dealkylation sites (tertiary alicyclic amines) is 1. The standard InChI is InChI=1S/C16H20FNO2/c17-15-9-11(13-7-14(8-13)16(19)20)3-4-12(15)10-18-5-1-2-6-18/h3-4,9,13-14H,1-2,5-8,10H2,(H,19,20)/t13-,14+. The van der Waals surface area contributed by atoms with Gasteiger partial charge in [-0.3, -0.25) is 9.69 Å². The highest BCUT2D eigenvalue weighted by molar-refractivity contribution is 5.71. The van der Waals surface area contributed by atoms with E-state index in [2.05, 4.69) is 4.90 Å². The van der Waals surface area contributed by atoms with Gasteiger partial charge in [0.25, 0.3) is 0 Å². The molecule has 0 spiro atoms. The SMILES string of the molecule is O=C(O)[C@H]1C[C@@H](c2ccc(CN3CCCC3)c(F)c2)C1. The predicted molar refractivity (Wildman–Crippen MR) is 74.0 cm³/mol. The Bertz CT molecular complexity index is 505. The highest BCUT2D eigenvalue weighted by Gasteiger charge is 2.35. The van der Waals surface area contributed by atoms with Crippen LogP contribution in [0.2, 0.25) is 0 Å². The Labute approximate surface area is 118 Å². The lowest BCUT2D eigenvalue weighted by molar-refractivity contribution is -0.145. The van der Waals surface area contributed by atoms with Gasteiger partial charge in [-0.25, -0.2) is 4.39 Å². The van der Waals surface area contributed by atoms with Gasteiger partial charge in [0, 0.05) is 12.1 Å². The van der Waals surface area contributed by atoms with E-state index in [1.807, 2.05) is 12.1 Å². The second-order valence-electron chi connectivity index (χ2n) is 6.04. The third kappa shape index (κ3) is 2.70. The molecule has 1 saturated carbocycles. The summed E-state index contributed by atoms with van der Waals surface area (Å²) in [4.78, 5) is 13.1. The number of nitrogens with zero attached hydrogens (tertiary/aromatic N) is 1. The number of carboxylic acids is 1. The van der Waals surface area contributed by atoms with E-state index in [1.165, 1.54) is 12.8 Å². The number of hydrogen-bond donors (Lipinski definition) is 1. The maximum Gasteiger partial charge on any atom is 0.306 e. The number of hydrogen-bond acceptors (Lipinski definition) is 2. The number of rotatable bonds is 4. The predicted octanol–water partition coefficient (Wildman–Crippen LogP) is 3.00. The first kappa shape index (κ1) is 13.6. The fourth-order valence-corrected chi connectivity index (χ4v) is 3.22. The molecule has 0 bridgehead atoms. The number of halogens is 1. The summed E-state index contributed by atoms with van der Waals surface area (Å²) >= 11 is 0. The van der Waals surface area contributed by atoms with Gasteiger partial charge in [0.1, 0.15) is 5.82 Å². The molecule has 1 saturated heterocycles. The van der Waals surface area contributed by atoms with E-state index in [0.29, 0.717) is 19.4 Å². The van der Waals surface area contributed by atoms with E-state index in [9.17, 15) is 9.18 Å². The first-order valence-corrected chi connectivity index (χ1v) is 7.37. The molecule has 2 fully saturated rings. The molecule has 4 heteroatoms. The summed E-state index contributed by atoms with van der Waals surface area (Å²) in [7, 11) is 0. The van der Waals surface area contributed by atoms with E-state index in [-0.39, 0.29) is 17.7 Å². The molecule has 1 aliphatic heterocycles. The highest BCUT2D eigenvalue weighted by atomic mass is 19.1. The van der Waals surface area contributed by atoms with Crippen molar-refractivity contribution in [1.82, 2.24) is 4.90 Å². The van der Waals surface area contributed by atoms with Crippen molar-refractivity contribution in [2.24, 2.45) is 5.92 Å². The van der Waals surface area contributed by atoms with Crippen molar-refractivity contribution in [1.29, 1.82) is 0 Å². The van der Waals surface area contributed by atoms with Crippen LogP contribution in [0.1, 0.15) is 42.7 Å². The lowest BCUT2D eigenvalue weighted by Crippen LogP contribution is -2.28. The summed E-state index contributed by atoms with van der Waals surface area (Å²) in [6.07, 6.45) is 3.69. The summed E-state index contributed by atoms with van der Waals surface area (Å²) in [5.41, 5.74) is 1.70. The van der Waals surface area contributed by atoms with Crippen LogP contribution in [0.3, 0.4) is 0 Å². The number of aliphatic carboxylic acids is 1. The van der Waals surface area contributed by atoms with Gasteiger partial charge in [-0.1, -0.05) is 12.1 Å². The molecule has 0 aromatic heterocycles. The van der Waals surface area contributed by atoms with Crippen molar-refractivity contribution >= 4 is 5.97 Å². The Morgan fingerprint density at radius 1 is 1.30 bits per heavy atom. The Hall–Kier alpha value is -1.42. The van der Waals surface area contributed by atoms with Crippen molar-refractivity contribution in [3.05, 3.63) is 35.1 Å². The Morgan fingerprint density at radius 3 is 2.60 bits per heavy atom. The minimum atomic E-state index is -0.729. The molecule has 108 valence electrons. The number of carbonyl (C=O) groups is 1. The molecule has 3 rings (SSSR count). The molecular formula is C16H20FNO2. The lowest BCUT2D eigenvalue weighted by atomic mass is 9.71. The van der Waals surface area contributed by atoms with Crippen LogP contribution in [0.5, 0.6) is 0 Å². The van der Waals surface area contributed by atoms with Gasteiger partial charge < -0.3 is 5.11 Å². The van der Waals surface area contributed by atoms with Crippen LogP contribution in [0.15, 0.2) is 18.2 Å². The first-order valence-electron chi connectivity index (χ1n) is 7.37. The van der Waals surface area contributed by atoms with Crippen LogP contribution in [-0.2, 0) is 11.3 Å². The quantitative estimate of drug-likeness (QED) is 0.919. The maximum absolute atomic E-state index is 14.1. The Morgan fingerprint density at radius 2 is 2.00 bits per heavy atom. The number of carboxylic acid groups (broad SMARTS) is 1. The van der Waals surface area contributed by atoms with Gasteiger partial charge in [0.05, 0.1) is 5.92 Å². The molecule has 20 heavy (non-hydrogen) atoms. The van der Waals surface area contributed by atoms with Gasteiger partial charge in [0.2, 0.25) is 0 Å². The molecule has 1 heterocycles. The van der Waals surface area contributed by atoms with Crippen molar-refractivity contribution in [2.75, 3.05) is 13.1 Å². The smallest absolute Gasteiger partial charge is 0.306 e. The number of benzene rings is 1. The molecule has 0 amide bonds. The minimum Gasteiger partial charge on any atom is -0.481 e. The van der Waals surface area contributed by atoms with Gasteiger partial charge >= 0.3 is 5.97 Å². The third-order valence-corrected chi connectivity index (χ3v) is 4.63. The van der Waals surface area contributed by atoms with Crippen LogP contribution in [0, 0.1) is 11.7 Å². The maximum atomic E-state index is 14.1. The van der Waals surface area contributed by atoms with E-state index in [0.717, 1.165) is 24.2 Å². The molecule has 3 nitrogen and oxygen atoms in total. The minimum absolute atomic E-state index is 0.145. The van der Waals surface area contributed by atoms with Gasteiger partial charge in [0.15, 0.2) is 0 Å². The van der Waals surface area contributed by atoms with Crippen molar-refractivity contribution in [2.45, 2.75) is 38.1 Å². The molecule has 0 atom stereocenters. The Balaban J connectivity index is 1.64. The average molecular weight is 277 g/mol. The molecule has 2 aliphatic rings. The molecule has 1 aliphatic carbocycles. The van der Waals surface area contributed by atoms with Crippen molar-refractivity contribution < 1.29 is 14.3 Å². The molecule has 0 radical (unpaired) electrons.